The molecule has 3 aromatic rings. The fourth-order valence-electron chi connectivity index (χ4n) is 4.33. The van der Waals surface area contributed by atoms with E-state index in [1.165, 1.54) is 16.9 Å². The number of anilines is 1. The number of aliphatic hydroxyl groups is 1. The number of aryl methyl sites for hydroxylation is 2. The maximum atomic E-state index is 12.4. The predicted octanol–water partition coefficient (Wildman–Crippen LogP) is 3.16. The van der Waals surface area contributed by atoms with Gasteiger partial charge in [-0.3, -0.25) is 9.52 Å². The number of carbonyl (C=O) groups is 1. The number of pyridine rings is 1. The Bertz CT molecular complexity index is 1250. The van der Waals surface area contributed by atoms with Crippen molar-refractivity contribution < 1.29 is 18.3 Å². The van der Waals surface area contributed by atoms with Crippen LogP contribution in [0.5, 0.6) is 0 Å². The number of thiophene rings is 1. The van der Waals surface area contributed by atoms with Crippen molar-refractivity contribution in [3.8, 4) is 0 Å². The molecular formula is C22H25N3O4S2. The minimum Gasteiger partial charge on any atom is -0.396 e. The molecule has 0 fully saturated rings. The Hall–Kier alpha value is -2.49. The number of nitrogens with one attached hydrogen (secondary N) is 1. The summed E-state index contributed by atoms with van der Waals surface area (Å²) in [5.41, 5.74) is 10.0. The van der Waals surface area contributed by atoms with Crippen LogP contribution in [0.2, 0.25) is 0 Å². The summed E-state index contributed by atoms with van der Waals surface area (Å²) in [5, 5.41) is 10.7. The van der Waals surface area contributed by atoms with Crippen LogP contribution in [0.25, 0.3) is 10.2 Å². The minimum absolute atomic E-state index is 0.0949. The number of hydrogen-bond acceptors (Lipinski definition) is 6. The molecule has 0 saturated carbocycles. The topological polar surface area (TPSA) is 122 Å². The van der Waals surface area contributed by atoms with Crippen LogP contribution in [-0.2, 0) is 22.9 Å². The van der Waals surface area contributed by atoms with Gasteiger partial charge in [-0.25, -0.2) is 13.4 Å². The van der Waals surface area contributed by atoms with E-state index in [1.54, 1.807) is 18.2 Å². The lowest BCUT2D eigenvalue weighted by Gasteiger charge is -2.20. The lowest BCUT2D eigenvalue weighted by molar-refractivity contribution is 0.100. The van der Waals surface area contributed by atoms with Crippen molar-refractivity contribution in [2.45, 2.75) is 38.0 Å². The van der Waals surface area contributed by atoms with Gasteiger partial charge in [0, 0.05) is 29.3 Å². The van der Waals surface area contributed by atoms with Crippen LogP contribution in [-0.4, -0.2) is 37.3 Å². The van der Waals surface area contributed by atoms with Crippen LogP contribution in [0.3, 0.4) is 0 Å². The van der Waals surface area contributed by atoms with Crippen LogP contribution in [0.15, 0.2) is 30.3 Å². The van der Waals surface area contributed by atoms with Gasteiger partial charge in [0.05, 0.1) is 11.1 Å². The van der Waals surface area contributed by atoms with Crippen molar-refractivity contribution in [1.29, 1.82) is 0 Å². The van der Waals surface area contributed by atoms with Gasteiger partial charge >= 0.3 is 0 Å². The minimum atomic E-state index is -3.43. The number of amides is 1. The zero-order valence-electron chi connectivity index (χ0n) is 17.2. The SMILES string of the molecule is CS(=O)(=O)Nc1cccc([C@@H](CCO)c2c(C(N)=O)sc3nc4c(cc23)CCCC4)c1. The number of primary amides is 1. The highest BCUT2D eigenvalue weighted by Gasteiger charge is 2.27. The summed E-state index contributed by atoms with van der Waals surface area (Å²) >= 11 is 1.29. The molecule has 2 heterocycles. The Morgan fingerprint density at radius 1 is 1.29 bits per heavy atom. The monoisotopic (exact) mass is 459 g/mol. The molecule has 31 heavy (non-hydrogen) atoms. The van der Waals surface area contributed by atoms with Gasteiger partial charge in [-0.05, 0) is 67.0 Å². The van der Waals surface area contributed by atoms with Crippen LogP contribution in [0.1, 0.15) is 57.2 Å². The molecule has 7 nitrogen and oxygen atoms in total. The van der Waals surface area contributed by atoms with E-state index in [4.69, 9.17) is 10.7 Å². The Labute approximate surface area is 185 Å². The second-order valence-electron chi connectivity index (χ2n) is 7.93. The number of hydrogen-bond donors (Lipinski definition) is 3. The summed E-state index contributed by atoms with van der Waals surface area (Å²) in [6, 6.07) is 9.15. The number of rotatable bonds is 7. The molecule has 2 aromatic heterocycles. The van der Waals surface area contributed by atoms with E-state index in [1.807, 2.05) is 6.07 Å². The van der Waals surface area contributed by atoms with Crippen molar-refractivity contribution in [3.63, 3.8) is 0 Å². The largest absolute Gasteiger partial charge is 0.396 e. The molecule has 164 valence electrons. The highest BCUT2D eigenvalue weighted by Crippen LogP contribution is 2.41. The molecular weight excluding hydrogens is 434 g/mol. The number of carbonyl (C=O) groups excluding carboxylic acids is 1. The molecule has 1 aliphatic rings. The van der Waals surface area contributed by atoms with E-state index in [2.05, 4.69) is 10.8 Å². The van der Waals surface area contributed by atoms with Gasteiger partial charge in [0.15, 0.2) is 0 Å². The van der Waals surface area contributed by atoms with E-state index in [-0.39, 0.29) is 12.5 Å². The smallest absolute Gasteiger partial charge is 0.259 e. The fourth-order valence-corrected chi connectivity index (χ4v) is 5.97. The molecule has 0 bridgehead atoms. The first-order chi connectivity index (χ1) is 14.8. The van der Waals surface area contributed by atoms with Crippen LogP contribution < -0.4 is 10.5 Å². The molecule has 0 aliphatic heterocycles. The van der Waals surface area contributed by atoms with Gasteiger partial charge in [0.25, 0.3) is 5.91 Å². The van der Waals surface area contributed by atoms with Crippen LogP contribution in [0, 0.1) is 0 Å². The molecule has 0 spiro atoms. The molecule has 4 rings (SSSR count). The fraction of sp³-hybridized carbons (Fsp3) is 0.364. The first-order valence-corrected chi connectivity index (χ1v) is 12.9. The highest BCUT2D eigenvalue weighted by atomic mass is 32.2. The van der Waals surface area contributed by atoms with E-state index in [0.29, 0.717) is 17.0 Å². The molecule has 0 radical (unpaired) electrons. The summed E-state index contributed by atoms with van der Waals surface area (Å²) in [5.74, 6) is -0.852. The zero-order chi connectivity index (χ0) is 22.2. The number of nitrogens with two attached hydrogens (primary N) is 1. The normalized spacial score (nSPS) is 14.9. The van der Waals surface area contributed by atoms with Crippen molar-refractivity contribution in [2.24, 2.45) is 5.73 Å². The van der Waals surface area contributed by atoms with Gasteiger partial charge < -0.3 is 10.8 Å². The van der Waals surface area contributed by atoms with E-state index in [9.17, 15) is 18.3 Å². The first kappa shape index (κ1) is 21.7. The lowest BCUT2D eigenvalue weighted by atomic mass is 9.86. The summed E-state index contributed by atoms with van der Waals surface area (Å²) in [7, 11) is -3.43. The van der Waals surface area contributed by atoms with E-state index < -0.39 is 15.9 Å². The molecule has 1 aromatic carbocycles. The molecule has 0 saturated heterocycles. The number of aliphatic hydroxyl groups excluding tert-OH is 1. The first-order valence-electron chi connectivity index (χ1n) is 10.2. The third kappa shape index (κ3) is 4.58. The van der Waals surface area contributed by atoms with Crippen molar-refractivity contribution in [1.82, 2.24) is 4.98 Å². The van der Waals surface area contributed by atoms with Crippen molar-refractivity contribution in [2.75, 3.05) is 17.6 Å². The number of sulfonamides is 1. The lowest BCUT2D eigenvalue weighted by Crippen LogP contribution is -2.15. The van der Waals surface area contributed by atoms with E-state index in [0.717, 1.165) is 59.0 Å². The van der Waals surface area contributed by atoms with Crippen molar-refractivity contribution >= 4 is 43.2 Å². The molecule has 4 N–H and O–H groups in total. The predicted molar refractivity (Wildman–Crippen MR) is 123 cm³/mol. The van der Waals surface area contributed by atoms with E-state index >= 15 is 0 Å². The van der Waals surface area contributed by atoms with Gasteiger partial charge in [-0.1, -0.05) is 12.1 Å². The van der Waals surface area contributed by atoms with Gasteiger partial charge in [0.2, 0.25) is 10.0 Å². The average molecular weight is 460 g/mol. The second kappa shape index (κ2) is 8.57. The number of fused-ring (bicyclic) bond motifs is 2. The third-order valence-electron chi connectivity index (χ3n) is 5.58. The van der Waals surface area contributed by atoms with Crippen LogP contribution in [0.4, 0.5) is 5.69 Å². The number of nitrogens with zero attached hydrogens (tertiary/aromatic N) is 1. The quantitative estimate of drug-likeness (QED) is 0.501. The summed E-state index contributed by atoms with van der Waals surface area (Å²) < 4.78 is 25.8. The molecule has 9 heteroatoms. The standard InChI is InChI=1S/C22H25N3O4S2/c1-31(28,29)25-15-7-4-6-13(11-15)16(9-10-26)19-17-12-14-5-2-3-8-18(14)24-22(17)30-20(19)21(23)27/h4,6-7,11-12,16,25-26H,2-3,5,8-10H2,1H3,(H2,23,27)/t16-/m1/s1. The number of aromatic nitrogens is 1. The summed E-state index contributed by atoms with van der Waals surface area (Å²) in [6.07, 6.45) is 5.58. The Morgan fingerprint density at radius 3 is 2.77 bits per heavy atom. The molecule has 1 aliphatic carbocycles. The Kier molecular flexibility index (Phi) is 6.00. The highest BCUT2D eigenvalue weighted by molar-refractivity contribution is 7.92. The van der Waals surface area contributed by atoms with Crippen LogP contribution >= 0.6 is 11.3 Å². The molecule has 0 unspecified atom stereocenters. The maximum Gasteiger partial charge on any atom is 0.259 e. The zero-order valence-corrected chi connectivity index (χ0v) is 18.9. The van der Waals surface area contributed by atoms with Gasteiger partial charge in [-0.2, -0.15) is 0 Å². The Morgan fingerprint density at radius 2 is 2.06 bits per heavy atom. The third-order valence-corrected chi connectivity index (χ3v) is 7.32. The van der Waals surface area contributed by atoms with Gasteiger partial charge in [0.1, 0.15) is 4.83 Å². The molecule has 1 amide bonds. The van der Waals surface area contributed by atoms with Crippen molar-refractivity contribution in [3.05, 3.63) is 57.6 Å². The molecule has 1 atom stereocenters. The number of benzene rings is 1. The second-order valence-corrected chi connectivity index (χ2v) is 10.7. The summed E-state index contributed by atoms with van der Waals surface area (Å²) in [6.45, 7) is -0.0949. The van der Waals surface area contributed by atoms with Gasteiger partial charge in [-0.15, -0.1) is 11.3 Å². The average Bonchev–Trinajstić information content (AvgIpc) is 3.07. The Balaban J connectivity index is 1.90. The maximum absolute atomic E-state index is 12.4. The summed E-state index contributed by atoms with van der Waals surface area (Å²) in [4.78, 5) is 18.4.